The van der Waals surface area contributed by atoms with Gasteiger partial charge in [0.2, 0.25) is 5.91 Å². The first-order chi connectivity index (χ1) is 12.0. The van der Waals surface area contributed by atoms with Gasteiger partial charge in [-0.1, -0.05) is 30.3 Å². The Kier molecular flexibility index (Phi) is 6.83. The number of likely N-dealkylation sites (N-methyl/N-ethyl adjacent to an activating group) is 1. The molecule has 2 aromatic carbocycles. The van der Waals surface area contributed by atoms with Crippen LogP contribution in [-0.2, 0) is 11.3 Å². The molecule has 1 amide bonds. The Hall–Kier alpha value is -2.53. The maximum Gasteiger partial charge on any atom is 0.234 e. The number of methoxy groups -OCH3 is 2. The van der Waals surface area contributed by atoms with Crippen LogP contribution in [0.3, 0.4) is 0 Å². The Bertz CT molecular complexity index is 703. The Morgan fingerprint density at radius 1 is 1.12 bits per heavy atom. The molecule has 134 valence electrons. The minimum atomic E-state index is -0.117. The first-order valence-electron chi connectivity index (χ1n) is 8.27. The van der Waals surface area contributed by atoms with Gasteiger partial charge in [0.05, 0.1) is 26.8 Å². The van der Waals surface area contributed by atoms with Gasteiger partial charge in [0.25, 0.3) is 0 Å². The normalized spacial score (nSPS) is 11.9. The van der Waals surface area contributed by atoms with Crippen molar-refractivity contribution < 1.29 is 14.3 Å². The highest BCUT2D eigenvalue weighted by Gasteiger charge is 2.15. The van der Waals surface area contributed by atoms with Crippen LogP contribution in [0.15, 0.2) is 48.5 Å². The minimum Gasteiger partial charge on any atom is -0.497 e. The molecule has 0 spiro atoms. The molecule has 2 rings (SSSR count). The number of carbonyl (C=O) groups is 1. The maximum atomic E-state index is 12.3. The number of hydrogen-bond acceptors (Lipinski definition) is 4. The number of nitrogens with one attached hydrogen (secondary N) is 1. The predicted octanol–water partition coefficient (Wildman–Crippen LogP) is 3.01. The molecular weight excluding hydrogens is 316 g/mol. The fourth-order valence-corrected chi connectivity index (χ4v) is 2.77. The van der Waals surface area contributed by atoms with Gasteiger partial charge in [0, 0.05) is 12.1 Å². The zero-order valence-electron chi connectivity index (χ0n) is 15.3. The molecule has 0 heterocycles. The Morgan fingerprint density at radius 2 is 1.88 bits per heavy atom. The molecule has 0 aliphatic heterocycles. The molecule has 0 saturated carbocycles. The molecule has 0 saturated heterocycles. The van der Waals surface area contributed by atoms with Crippen LogP contribution in [0.2, 0.25) is 0 Å². The molecule has 0 aliphatic carbocycles. The number of rotatable bonds is 8. The summed E-state index contributed by atoms with van der Waals surface area (Å²) in [4.78, 5) is 14.3. The topological polar surface area (TPSA) is 50.8 Å². The maximum absolute atomic E-state index is 12.3. The van der Waals surface area contributed by atoms with Gasteiger partial charge in [0.15, 0.2) is 0 Å². The summed E-state index contributed by atoms with van der Waals surface area (Å²) in [5, 5.41) is 3.02. The number of amides is 1. The SMILES string of the molecule is COc1cccc(CN(C)CC(=O)NC(C)c2ccccc2OC)c1. The molecule has 0 bridgehead atoms. The van der Waals surface area contributed by atoms with Gasteiger partial charge in [-0.3, -0.25) is 9.69 Å². The minimum absolute atomic E-state index is 0.0243. The van der Waals surface area contributed by atoms with Crippen molar-refractivity contribution in [2.45, 2.75) is 19.5 Å². The average Bonchev–Trinajstić information content (AvgIpc) is 2.61. The summed E-state index contributed by atoms with van der Waals surface area (Å²) in [6.45, 7) is 2.95. The summed E-state index contributed by atoms with van der Waals surface area (Å²) in [5.41, 5.74) is 2.07. The lowest BCUT2D eigenvalue weighted by Crippen LogP contribution is -2.36. The molecule has 1 unspecified atom stereocenters. The number of para-hydroxylation sites is 1. The smallest absolute Gasteiger partial charge is 0.234 e. The van der Waals surface area contributed by atoms with Crippen LogP contribution in [0.25, 0.3) is 0 Å². The quantitative estimate of drug-likeness (QED) is 0.801. The van der Waals surface area contributed by atoms with Crippen LogP contribution in [0, 0.1) is 0 Å². The highest BCUT2D eigenvalue weighted by atomic mass is 16.5. The Balaban J connectivity index is 1.90. The summed E-state index contributed by atoms with van der Waals surface area (Å²) < 4.78 is 10.6. The van der Waals surface area contributed by atoms with Crippen LogP contribution in [0.4, 0.5) is 0 Å². The van der Waals surface area contributed by atoms with E-state index in [2.05, 4.69) is 5.32 Å². The van der Waals surface area contributed by atoms with E-state index < -0.39 is 0 Å². The van der Waals surface area contributed by atoms with Gasteiger partial charge in [-0.05, 0) is 37.7 Å². The number of carbonyl (C=O) groups excluding carboxylic acids is 1. The number of ether oxygens (including phenoxy) is 2. The van der Waals surface area contributed by atoms with E-state index in [9.17, 15) is 4.79 Å². The van der Waals surface area contributed by atoms with Crippen molar-refractivity contribution in [1.29, 1.82) is 0 Å². The van der Waals surface area contributed by atoms with E-state index in [0.29, 0.717) is 13.1 Å². The highest BCUT2D eigenvalue weighted by Crippen LogP contribution is 2.24. The van der Waals surface area contributed by atoms with Crippen molar-refractivity contribution in [2.75, 3.05) is 27.8 Å². The molecule has 5 heteroatoms. The van der Waals surface area contributed by atoms with Crippen LogP contribution in [0.1, 0.15) is 24.1 Å². The van der Waals surface area contributed by atoms with E-state index in [4.69, 9.17) is 9.47 Å². The fourth-order valence-electron chi connectivity index (χ4n) is 2.77. The lowest BCUT2D eigenvalue weighted by atomic mass is 10.1. The van der Waals surface area contributed by atoms with Crippen molar-refractivity contribution in [1.82, 2.24) is 10.2 Å². The second kappa shape index (κ2) is 9.08. The zero-order chi connectivity index (χ0) is 18.2. The van der Waals surface area contributed by atoms with Crippen LogP contribution in [-0.4, -0.2) is 38.6 Å². The highest BCUT2D eigenvalue weighted by molar-refractivity contribution is 5.78. The molecule has 0 fully saturated rings. The summed E-state index contributed by atoms with van der Waals surface area (Å²) in [7, 11) is 5.21. The van der Waals surface area contributed by atoms with Crippen molar-refractivity contribution in [3.63, 3.8) is 0 Å². The van der Waals surface area contributed by atoms with Gasteiger partial charge < -0.3 is 14.8 Å². The van der Waals surface area contributed by atoms with Crippen molar-refractivity contribution in [3.8, 4) is 11.5 Å². The van der Waals surface area contributed by atoms with E-state index >= 15 is 0 Å². The third-order valence-electron chi connectivity index (χ3n) is 3.98. The number of nitrogens with zero attached hydrogens (tertiary/aromatic N) is 1. The van der Waals surface area contributed by atoms with Gasteiger partial charge in [-0.15, -0.1) is 0 Å². The van der Waals surface area contributed by atoms with Gasteiger partial charge in [-0.2, -0.15) is 0 Å². The molecule has 1 N–H and O–H groups in total. The standard InChI is InChI=1S/C20H26N2O3/c1-15(18-10-5-6-11-19(18)25-4)21-20(23)14-22(2)13-16-8-7-9-17(12-16)24-3/h5-12,15H,13-14H2,1-4H3,(H,21,23). The lowest BCUT2D eigenvalue weighted by molar-refractivity contribution is -0.122. The number of hydrogen-bond donors (Lipinski definition) is 1. The third-order valence-corrected chi connectivity index (χ3v) is 3.98. The van der Waals surface area contributed by atoms with Crippen molar-refractivity contribution >= 4 is 5.91 Å². The van der Waals surface area contributed by atoms with E-state index in [0.717, 1.165) is 22.6 Å². The van der Waals surface area contributed by atoms with Crippen LogP contribution in [0.5, 0.6) is 11.5 Å². The monoisotopic (exact) mass is 342 g/mol. The molecule has 0 aromatic heterocycles. The van der Waals surface area contributed by atoms with E-state index in [1.807, 2.05) is 67.4 Å². The predicted molar refractivity (Wildman–Crippen MR) is 98.9 cm³/mol. The Labute approximate surface area is 149 Å². The van der Waals surface area contributed by atoms with E-state index in [1.165, 1.54) is 0 Å². The molecule has 5 nitrogen and oxygen atoms in total. The molecular formula is C20H26N2O3. The number of benzene rings is 2. The fraction of sp³-hybridized carbons (Fsp3) is 0.350. The van der Waals surface area contributed by atoms with Crippen LogP contribution >= 0.6 is 0 Å². The molecule has 2 aromatic rings. The van der Waals surface area contributed by atoms with Crippen LogP contribution < -0.4 is 14.8 Å². The summed E-state index contributed by atoms with van der Waals surface area (Å²) in [5.74, 6) is 1.57. The second-order valence-electron chi connectivity index (χ2n) is 6.05. The summed E-state index contributed by atoms with van der Waals surface area (Å²) in [6.07, 6.45) is 0. The molecule has 1 atom stereocenters. The van der Waals surface area contributed by atoms with Gasteiger partial charge in [0.1, 0.15) is 11.5 Å². The van der Waals surface area contributed by atoms with Crippen molar-refractivity contribution in [3.05, 3.63) is 59.7 Å². The van der Waals surface area contributed by atoms with Gasteiger partial charge in [-0.25, -0.2) is 0 Å². The Morgan fingerprint density at radius 3 is 2.60 bits per heavy atom. The van der Waals surface area contributed by atoms with E-state index in [1.54, 1.807) is 14.2 Å². The summed E-state index contributed by atoms with van der Waals surface area (Å²) in [6, 6.07) is 15.5. The molecule has 0 aliphatic rings. The lowest BCUT2D eigenvalue weighted by Gasteiger charge is -2.20. The van der Waals surface area contributed by atoms with Crippen molar-refractivity contribution in [2.24, 2.45) is 0 Å². The first-order valence-corrected chi connectivity index (χ1v) is 8.27. The molecule has 25 heavy (non-hydrogen) atoms. The molecule has 0 radical (unpaired) electrons. The zero-order valence-corrected chi connectivity index (χ0v) is 15.3. The van der Waals surface area contributed by atoms with E-state index in [-0.39, 0.29) is 11.9 Å². The average molecular weight is 342 g/mol. The summed E-state index contributed by atoms with van der Waals surface area (Å²) >= 11 is 0. The third kappa shape index (κ3) is 5.50. The second-order valence-corrected chi connectivity index (χ2v) is 6.05. The largest absolute Gasteiger partial charge is 0.497 e. The first kappa shape index (κ1) is 18.8. The van der Waals surface area contributed by atoms with Gasteiger partial charge >= 0.3 is 0 Å².